The van der Waals surface area contributed by atoms with Crippen molar-refractivity contribution in [3.63, 3.8) is 0 Å². The third-order valence-electron chi connectivity index (χ3n) is 3.87. The van der Waals surface area contributed by atoms with Crippen molar-refractivity contribution in [2.24, 2.45) is 0 Å². The van der Waals surface area contributed by atoms with Gasteiger partial charge in [-0.3, -0.25) is 9.69 Å². The number of likely N-dealkylation sites (N-methyl/N-ethyl adjacent to an activating group) is 1. The summed E-state index contributed by atoms with van der Waals surface area (Å²) in [4.78, 5) is 16.2. The first-order chi connectivity index (χ1) is 10.1. The molecule has 0 radical (unpaired) electrons. The van der Waals surface area contributed by atoms with Crippen LogP contribution in [0.5, 0.6) is 0 Å². The van der Waals surface area contributed by atoms with Crippen molar-refractivity contribution in [3.05, 3.63) is 34.9 Å². The number of aliphatic hydroxyl groups is 1. The number of benzene rings is 1. The molecule has 1 aliphatic heterocycles. The molecule has 4 nitrogen and oxygen atoms in total. The minimum atomic E-state index is -0.367. The van der Waals surface area contributed by atoms with Gasteiger partial charge in [0.2, 0.25) is 5.91 Å². The van der Waals surface area contributed by atoms with Crippen molar-refractivity contribution in [2.45, 2.75) is 32.4 Å². The van der Waals surface area contributed by atoms with Gasteiger partial charge < -0.3 is 10.0 Å². The van der Waals surface area contributed by atoms with Crippen LogP contribution in [-0.2, 0) is 11.3 Å². The fourth-order valence-electron chi connectivity index (χ4n) is 2.60. The lowest BCUT2D eigenvalue weighted by Crippen LogP contribution is -2.46. The lowest BCUT2D eigenvalue weighted by molar-refractivity contribution is -0.135. The number of β-amino-alcohol motifs (C(OH)–C–C–N with tert-alkyl or cyclic N) is 1. The molecule has 21 heavy (non-hydrogen) atoms. The normalized spacial score (nSPS) is 19.0. The number of carbonyl (C=O) groups excluding carboxylic acids is 1. The second-order valence-corrected chi connectivity index (χ2v) is 6.00. The molecule has 1 saturated heterocycles. The Kier molecular flexibility index (Phi) is 6.03. The predicted octanol–water partition coefficient (Wildman–Crippen LogP) is 2.15. The van der Waals surface area contributed by atoms with Crippen LogP contribution in [0, 0.1) is 0 Å². The predicted molar refractivity (Wildman–Crippen MR) is 84.2 cm³/mol. The van der Waals surface area contributed by atoms with Gasteiger partial charge in [0, 0.05) is 24.7 Å². The van der Waals surface area contributed by atoms with Crippen molar-refractivity contribution in [3.8, 4) is 0 Å². The van der Waals surface area contributed by atoms with E-state index in [0.717, 1.165) is 43.1 Å². The Morgan fingerprint density at radius 2 is 2.14 bits per heavy atom. The first kappa shape index (κ1) is 16.3. The molecule has 0 spiro atoms. The van der Waals surface area contributed by atoms with E-state index in [9.17, 15) is 9.90 Å². The average Bonchev–Trinajstić information content (AvgIpc) is 2.48. The van der Waals surface area contributed by atoms with Gasteiger partial charge in [0.15, 0.2) is 0 Å². The maximum atomic E-state index is 12.3. The fraction of sp³-hybridized carbons (Fsp3) is 0.562. The molecule has 0 aliphatic carbocycles. The van der Waals surface area contributed by atoms with Crippen LogP contribution in [0.4, 0.5) is 0 Å². The van der Waals surface area contributed by atoms with E-state index in [2.05, 4.69) is 4.90 Å². The Balaban J connectivity index is 1.89. The molecule has 1 fully saturated rings. The molecule has 116 valence electrons. The maximum absolute atomic E-state index is 12.3. The van der Waals surface area contributed by atoms with E-state index in [-0.39, 0.29) is 12.0 Å². The van der Waals surface area contributed by atoms with Gasteiger partial charge >= 0.3 is 0 Å². The molecule has 2 rings (SSSR count). The van der Waals surface area contributed by atoms with E-state index in [1.807, 2.05) is 31.2 Å². The first-order valence-corrected chi connectivity index (χ1v) is 7.89. The molecule has 0 bridgehead atoms. The topological polar surface area (TPSA) is 43.8 Å². The molecule has 1 heterocycles. The van der Waals surface area contributed by atoms with E-state index in [1.54, 1.807) is 4.90 Å². The number of hydrogen-bond donors (Lipinski definition) is 1. The third kappa shape index (κ3) is 4.99. The number of hydrogen-bond acceptors (Lipinski definition) is 3. The minimum Gasteiger partial charge on any atom is -0.391 e. The highest BCUT2D eigenvalue weighted by Gasteiger charge is 2.23. The Hall–Kier alpha value is -1.10. The van der Waals surface area contributed by atoms with Crippen LogP contribution >= 0.6 is 11.6 Å². The van der Waals surface area contributed by atoms with Crippen molar-refractivity contribution in [1.29, 1.82) is 0 Å². The molecule has 0 unspecified atom stereocenters. The number of piperidine rings is 1. The van der Waals surface area contributed by atoms with Crippen LogP contribution in [-0.4, -0.2) is 53.1 Å². The van der Waals surface area contributed by atoms with Crippen LogP contribution in [0.2, 0.25) is 5.02 Å². The summed E-state index contributed by atoms with van der Waals surface area (Å²) in [5.41, 5.74) is 1.15. The van der Waals surface area contributed by atoms with Crippen molar-refractivity contribution >= 4 is 17.5 Å². The second-order valence-electron chi connectivity index (χ2n) is 5.57. The van der Waals surface area contributed by atoms with Gasteiger partial charge in [0.05, 0.1) is 12.6 Å². The van der Waals surface area contributed by atoms with Crippen LogP contribution in [0.25, 0.3) is 0 Å². The van der Waals surface area contributed by atoms with Gasteiger partial charge in [-0.05, 0) is 37.1 Å². The molecular formula is C16H23ClN2O2. The lowest BCUT2D eigenvalue weighted by Gasteiger charge is -2.32. The van der Waals surface area contributed by atoms with Gasteiger partial charge in [-0.1, -0.05) is 30.7 Å². The molecule has 0 saturated carbocycles. The third-order valence-corrected chi connectivity index (χ3v) is 4.13. The minimum absolute atomic E-state index is 0.101. The fourth-order valence-corrected chi connectivity index (χ4v) is 2.73. The highest BCUT2D eigenvalue weighted by molar-refractivity contribution is 6.30. The Morgan fingerprint density at radius 1 is 1.43 bits per heavy atom. The summed E-state index contributed by atoms with van der Waals surface area (Å²) >= 11 is 5.88. The van der Waals surface area contributed by atoms with Crippen LogP contribution in [0.15, 0.2) is 24.3 Å². The van der Waals surface area contributed by atoms with Crippen molar-refractivity contribution < 1.29 is 9.90 Å². The zero-order valence-corrected chi connectivity index (χ0v) is 13.2. The van der Waals surface area contributed by atoms with Gasteiger partial charge in [-0.25, -0.2) is 0 Å². The summed E-state index contributed by atoms with van der Waals surface area (Å²) in [6.07, 6.45) is 1.32. The van der Waals surface area contributed by atoms with Crippen molar-refractivity contribution in [2.75, 3.05) is 26.2 Å². The quantitative estimate of drug-likeness (QED) is 0.906. The monoisotopic (exact) mass is 310 g/mol. The number of likely N-dealkylation sites (tertiary alicyclic amines) is 1. The van der Waals surface area contributed by atoms with Crippen LogP contribution in [0.3, 0.4) is 0 Å². The summed E-state index contributed by atoms with van der Waals surface area (Å²) in [5, 5.41) is 10.4. The molecule has 1 atom stereocenters. The standard InChI is InChI=1S/C16H23ClN2O2/c1-2-18(10-13-5-7-14(17)8-6-13)12-16(21)19-9-3-4-15(20)11-19/h5-8,15,20H,2-4,9-12H2,1H3/t15-/m0/s1. The molecule has 5 heteroatoms. The number of amides is 1. The maximum Gasteiger partial charge on any atom is 0.236 e. The number of aliphatic hydroxyl groups excluding tert-OH is 1. The van der Waals surface area contributed by atoms with E-state index >= 15 is 0 Å². The average molecular weight is 311 g/mol. The second kappa shape index (κ2) is 7.78. The van der Waals surface area contributed by atoms with Crippen LogP contribution < -0.4 is 0 Å². The summed E-state index contributed by atoms with van der Waals surface area (Å²) < 4.78 is 0. The highest BCUT2D eigenvalue weighted by atomic mass is 35.5. The highest BCUT2D eigenvalue weighted by Crippen LogP contribution is 2.13. The van der Waals surface area contributed by atoms with Gasteiger partial charge in [-0.15, -0.1) is 0 Å². The summed E-state index contributed by atoms with van der Waals surface area (Å²) in [5.74, 6) is 0.101. The van der Waals surface area contributed by atoms with E-state index < -0.39 is 0 Å². The zero-order chi connectivity index (χ0) is 15.2. The SMILES string of the molecule is CCN(CC(=O)N1CCC[C@H](O)C1)Cc1ccc(Cl)cc1. The van der Waals surface area contributed by atoms with Crippen molar-refractivity contribution in [1.82, 2.24) is 9.80 Å². The van der Waals surface area contributed by atoms with E-state index in [0.29, 0.717) is 13.1 Å². The molecular weight excluding hydrogens is 288 g/mol. The number of carbonyl (C=O) groups is 1. The number of halogens is 1. The summed E-state index contributed by atoms with van der Waals surface area (Å²) in [6.45, 7) is 5.21. The molecule has 1 aliphatic rings. The molecule has 0 aromatic heterocycles. The Morgan fingerprint density at radius 3 is 2.76 bits per heavy atom. The number of rotatable bonds is 5. The molecule has 1 N–H and O–H groups in total. The van der Waals surface area contributed by atoms with Gasteiger partial charge in [-0.2, -0.15) is 0 Å². The molecule has 1 aromatic rings. The summed E-state index contributed by atoms with van der Waals surface area (Å²) in [6, 6.07) is 7.71. The zero-order valence-electron chi connectivity index (χ0n) is 12.5. The number of nitrogens with zero attached hydrogens (tertiary/aromatic N) is 2. The molecule has 1 amide bonds. The van der Waals surface area contributed by atoms with Gasteiger partial charge in [0.1, 0.15) is 0 Å². The molecule has 1 aromatic carbocycles. The Labute approximate surface area is 131 Å². The van der Waals surface area contributed by atoms with E-state index in [4.69, 9.17) is 11.6 Å². The lowest BCUT2D eigenvalue weighted by atomic mass is 10.1. The first-order valence-electron chi connectivity index (χ1n) is 7.51. The Bertz CT molecular complexity index is 464. The smallest absolute Gasteiger partial charge is 0.236 e. The largest absolute Gasteiger partial charge is 0.391 e. The van der Waals surface area contributed by atoms with Crippen LogP contribution in [0.1, 0.15) is 25.3 Å². The van der Waals surface area contributed by atoms with Gasteiger partial charge in [0.25, 0.3) is 0 Å². The van der Waals surface area contributed by atoms with E-state index in [1.165, 1.54) is 0 Å². The summed E-state index contributed by atoms with van der Waals surface area (Å²) in [7, 11) is 0.